The van der Waals surface area contributed by atoms with Gasteiger partial charge in [-0.15, -0.1) is 11.3 Å². The average molecular weight is 307 g/mol. The van der Waals surface area contributed by atoms with Gasteiger partial charge in [-0.1, -0.05) is 0 Å². The molecule has 0 fully saturated rings. The van der Waals surface area contributed by atoms with E-state index in [0.29, 0.717) is 17.1 Å². The lowest BCUT2D eigenvalue weighted by Crippen LogP contribution is -2.18. The Labute approximate surface area is 127 Å². The number of rotatable bonds is 4. The summed E-state index contributed by atoms with van der Waals surface area (Å²) in [6.07, 6.45) is 0.847. The molecule has 0 bridgehead atoms. The van der Waals surface area contributed by atoms with Gasteiger partial charge in [0.05, 0.1) is 25.1 Å². The number of hydrogen-bond acceptors (Lipinski definition) is 6. The fourth-order valence-corrected chi connectivity index (χ4v) is 2.45. The largest absolute Gasteiger partial charge is 0.494 e. The number of nitrogens with one attached hydrogen (secondary N) is 1. The topological polar surface area (TPSA) is 73.3 Å². The van der Waals surface area contributed by atoms with E-state index >= 15 is 0 Å². The Balaban J connectivity index is 2.22. The van der Waals surface area contributed by atoms with Crippen LogP contribution in [0.1, 0.15) is 19.5 Å². The molecule has 21 heavy (non-hydrogen) atoms. The second kappa shape index (κ2) is 6.53. The molecule has 7 heteroatoms. The highest BCUT2D eigenvalue weighted by Crippen LogP contribution is 2.32. The van der Waals surface area contributed by atoms with Crippen LogP contribution in [0, 0.1) is 6.92 Å². The molecule has 2 rings (SSSR count). The van der Waals surface area contributed by atoms with Crippen molar-refractivity contribution < 1.29 is 14.3 Å². The van der Waals surface area contributed by atoms with Gasteiger partial charge < -0.3 is 9.47 Å². The second-order valence-corrected chi connectivity index (χ2v) is 5.51. The van der Waals surface area contributed by atoms with Crippen molar-refractivity contribution in [1.82, 2.24) is 9.97 Å². The normalized spacial score (nSPS) is 10.5. The lowest BCUT2D eigenvalue weighted by atomic mass is 10.3. The highest BCUT2D eigenvalue weighted by atomic mass is 32.1. The van der Waals surface area contributed by atoms with Crippen molar-refractivity contribution in [3.8, 4) is 16.5 Å². The van der Waals surface area contributed by atoms with Gasteiger partial charge in [-0.05, 0) is 20.8 Å². The number of nitrogens with zero attached hydrogens (tertiary/aromatic N) is 2. The van der Waals surface area contributed by atoms with Crippen molar-refractivity contribution in [2.75, 3.05) is 12.4 Å². The molecule has 0 aliphatic carbocycles. The van der Waals surface area contributed by atoms with Crippen molar-refractivity contribution in [2.45, 2.75) is 26.9 Å². The van der Waals surface area contributed by atoms with Crippen LogP contribution in [-0.4, -0.2) is 29.3 Å². The summed E-state index contributed by atoms with van der Waals surface area (Å²) >= 11 is 1.49. The van der Waals surface area contributed by atoms with Crippen LogP contribution in [0.2, 0.25) is 0 Å². The Bertz CT molecular complexity index is 640. The molecule has 0 saturated heterocycles. The SMILES string of the molecule is COc1cc(NC(=O)OC(C)C)cnc1-c1nc(C)cs1. The minimum absolute atomic E-state index is 0.183. The summed E-state index contributed by atoms with van der Waals surface area (Å²) in [6, 6.07) is 1.70. The zero-order valence-electron chi connectivity index (χ0n) is 12.3. The molecular formula is C14H17N3O3S. The van der Waals surface area contributed by atoms with Crippen LogP contribution < -0.4 is 10.1 Å². The maximum absolute atomic E-state index is 11.6. The van der Waals surface area contributed by atoms with Crippen LogP contribution in [-0.2, 0) is 4.74 Å². The summed E-state index contributed by atoms with van der Waals surface area (Å²) in [5.41, 5.74) is 2.09. The zero-order valence-corrected chi connectivity index (χ0v) is 13.2. The molecule has 6 nitrogen and oxygen atoms in total. The molecule has 0 atom stereocenters. The Kier molecular flexibility index (Phi) is 4.74. The molecule has 2 aromatic heterocycles. The molecule has 1 amide bonds. The minimum Gasteiger partial charge on any atom is -0.494 e. The quantitative estimate of drug-likeness (QED) is 0.936. The molecule has 1 N–H and O–H groups in total. The van der Waals surface area contributed by atoms with E-state index in [1.807, 2.05) is 12.3 Å². The lowest BCUT2D eigenvalue weighted by Gasteiger charge is -2.11. The summed E-state index contributed by atoms with van der Waals surface area (Å²) in [6.45, 7) is 5.49. The number of anilines is 1. The smallest absolute Gasteiger partial charge is 0.411 e. The van der Waals surface area contributed by atoms with Gasteiger partial charge >= 0.3 is 6.09 Å². The molecule has 0 unspecified atom stereocenters. The number of methoxy groups -OCH3 is 1. The fraction of sp³-hybridized carbons (Fsp3) is 0.357. The first-order valence-corrected chi connectivity index (χ1v) is 7.31. The summed E-state index contributed by atoms with van der Waals surface area (Å²) in [5, 5.41) is 5.34. The highest BCUT2D eigenvalue weighted by molar-refractivity contribution is 7.13. The number of amides is 1. The van der Waals surface area contributed by atoms with Crippen molar-refractivity contribution in [3.05, 3.63) is 23.3 Å². The van der Waals surface area contributed by atoms with Crippen molar-refractivity contribution in [2.24, 2.45) is 0 Å². The molecule has 2 aromatic rings. The van der Waals surface area contributed by atoms with Crippen molar-refractivity contribution >= 4 is 23.1 Å². The minimum atomic E-state index is -0.522. The lowest BCUT2D eigenvalue weighted by molar-refractivity contribution is 0.130. The Morgan fingerprint density at radius 1 is 1.43 bits per heavy atom. The number of carbonyl (C=O) groups is 1. The summed E-state index contributed by atoms with van der Waals surface area (Å²) in [5.74, 6) is 0.548. The second-order valence-electron chi connectivity index (χ2n) is 4.65. The molecule has 0 aliphatic rings. The van der Waals surface area contributed by atoms with Gasteiger partial charge in [0.2, 0.25) is 0 Å². The number of hydrogen-bond donors (Lipinski definition) is 1. The molecule has 0 aromatic carbocycles. The third-order valence-electron chi connectivity index (χ3n) is 2.48. The monoisotopic (exact) mass is 307 g/mol. The van der Waals surface area contributed by atoms with Crippen molar-refractivity contribution in [3.63, 3.8) is 0 Å². The van der Waals surface area contributed by atoms with Gasteiger partial charge in [-0.2, -0.15) is 0 Å². The van der Waals surface area contributed by atoms with E-state index in [1.165, 1.54) is 11.3 Å². The van der Waals surface area contributed by atoms with Crippen molar-refractivity contribution in [1.29, 1.82) is 0 Å². The van der Waals surface area contributed by atoms with Gasteiger partial charge in [0.15, 0.2) is 0 Å². The Morgan fingerprint density at radius 3 is 2.76 bits per heavy atom. The van der Waals surface area contributed by atoms with Gasteiger partial charge in [0.1, 0.15) is 16.5 Å². The molecule has 0 aliphatic heterocycles. The first kappa shape index (κ1) is 15.2. The average Bonchev–Trinajstić information content (AvgIpc) is 2.84. The standard InChI is InChI=1S/C14H17N3O3S/c1-8(2)20-14(18)17-10-5-11(19-4)12(15-6-10)13-16-9(3)7-21-13/h5-8H,1-4H3,(H,17,18). The zero-order chi connectivity index (χ0) is 15.4. The third-order valence-corrected chi connectivity index (χ3v) is 3.45. The highest BCUT2D eigenvalue weighted by Gasteiger charge is 2.13. The summed E-state index contributed by atoms with van der Waals surface area (Å²) in [4.78, 5) is 20.3. The van der Waals surface area contributed by atoms with Gasteiger partial charge in [-0.3, -0.25) is 5.32 Å². The van der Waals surface area contributed by atoms with Crippen LogP contribution in [0.15, 0.2) is 17.6 Å². The van der Waals surface area contributed by atoms with E-state index in [4.69, 9.17) is 9.47 Å². The van der Waals surface area contributed by atoms with E-state index in [-0.39, 0.29) is 6.10 Å². The predicted octanol–water partition coefficient (Wildman–Crippen LogP) is 3.48. The number of ether oxygens (including phenoxy) is 2. The number of thiazole rings is 1. The molecule has 0 radical (unpaired) electrons. The van der Waals surface area contributed by atoms with Gasteiger partial charge in [0, 0.05) is 17.1 Å². The van der Waals surface area contributed by atoms with E-state index in [0.717, 1.165) is 10.7 Å². The van der Waals surface area contributed by atoms with E-state index in [1.54, 1.807) is 33.2 Å². The number of carbonyl (C=O) groups excluding carboxylic acids is 1. The maximum atomic E-state index is 11.6. The Morgan fingerprint density at radius 2 is 2.19 bits per heavy atom. The Hall–Kier alpha value is -2.15. The molecule has 112 valence electrons. The van der Waals surface area contributed by atoms with Crippen LogP contribution >= 0.6 is 11.3 Å². The van der Waals surface area contributed by atoms with Crippen LogP contribution in [0.3, 0.4) is 0 Å². The fourth-order valence-electron chi connectivity index (χ4n) is 1.65. The van der Waals surface area contributed by atoms with Gasteiger partial charge in [-0.25, -0.2) is 14.8 Å². The predicted molar refractivity (Wildman–Crippen MR) is 81.9 cm³/mol. The molecule has 0 saturated carbocycles. The van der Waals surface area contributed by atoms with Gasteiger partial charge in [0.25, 0.3) is 0 Å². The summed E-state index contributed by atoms with van der Waals surface area (Å²) < 4.78 is 10.3. The number of pyridine rings is 1. The molecule has 2 heterocycles. The van der Waals surface area contributed by atoms with Crippen LogP contribution in [0.5, 0.6) is 5.75 Å². The van der Waals surface area contributed by atoms with E-state index in [2.05, 4.69) is 15.3 Å². The number of aromatic nitrogens is 2. The van der Waals surface area contributed by atoms with E-state index in [9.17, 15) is 4.79 Å². The van der Waals surface area contributed by atoms with E-state index < -0.39 is 6.09 Å². The number of aryl methyl sites for hydroxylation is 1. The summed E-state index contributed by atoms with van der Waals surface area (Å²) in [7, 11) is 1.55. The van der Waals surface area contributed by atoms with Crippen LogP contribution in [0.25, 0.3) is 10.7 Å². The first-order chi connectivity index (χ1) is 9.99. The van der Waals surface area contributed by atoms with Crippen LogP contribution in [0.4, 0.5) is 10.5 Å². The first-order valence-electron chi connectivity index (χ1n) is 6.43. The third kappa shape index (κ3) is 3.91. The maximum Gasteiger partial charge on any atom is 0.411 e. The molecule has 0 spiro atoms. The molecular weight excluding hydrogens is 290 g/mol.